The summed E-state index contributed by atoms with van der Waals surface area (Å²) in [6.07, 6.45) is 0. The number of nitrogens with one attached hydrogen (secondary N) is 1. The van der Waals surface area contributed by atoms with Crippen LogP contribution in [0.15, 0.2) is 60.7 Å². The van der Waals surface area contributed by atoms with E-state index in [4.69, 9.17) is 4.98 Å². The van der Waals surface area contributed by atoms with Gasteiger partial charge >= 0.3 is 0 Å². The highest BCUT2D eigenvalue weighted by Gasteiger charge is 2.13. The lowest BCUT2D eigenvalue weighted by Crippen LogP contribution is -2.08. The van der Waals surface area contributed by atoms with Gasteiger partial charge in [0, 0.05) is 29.4 Å². The van der Waals surface area contributed by atoms with Crippen LogP contribution < -0.4 is 5.32 Å². The van der Waals surface area contributed by atoms with Crippen LogP contribution in [0.2, 0.25) is 0 Å². The molecule has 2 aromatic carbocycles. The molecule has 0 aliphatic carbocycles. The summed E-state index contributed by atoms with van der Waals surface area (Å²) in [6.45, 7) is 4.66. The Labute approximate surface area is 157 Å². The molecule has 0 saturated heterocycles. The molecule has 2 aromatic heterocycles. The van der Waals surface area contributed by atoms with Crippen LogP contribution in [-0.4, -0.2) is 14.5 Å². The molecule has 132 valence electrons. The first-order valence-electron chi connectivity index (χ1n) is 8.81. The van der Waals surface area contributed by atoms with Crippen LogP contribution in [0.5, 0.6) is 0 Å². The molecule has 27 heavy (non-hydrogen) atoms. The van der Waals surface area contributed by atoms with E-state index in [-0.39, 0.29) is 0 Å². The van der Waals surface area contributed by atoms with E-state index < -0.39 is 0 Å². The minimum Gasteiger partial charge on any atom is -0.366 e. The third-order valence-electron chi connectivity index (χ3n) is 4.51. The van der Waals surface area contributed by atoms with Crippen LogP contribution in [0, 0.1) is 25.2 Å². The Morgan fingerprint density at radius 3 is 2.59 bits per heavy atom. The van der Waals surface area contributed by atoms with Gasteiger partial charge in [-0.2, -0.15) is 10.2 Å². The van der Waals surface area contributed by atoms with Gasteiger partial charge in [0.2, 0.25) is 5.95 Å². The number of nitrogens with zero attached hydrogens (tertiary/aromatic N) is 4. The minimum absolute atomic E-state index is 0.605. The average Bonchev–Trinajstić information content (AvgIpc) is 3.02. The molecule has 0 saturated carbocycles. The Kier molecular flexibility index (Phi) is 4.31. The van der Waals surface area contributed by atoms with Gasteiger partial charge in [-0.15, -0.1) is 0 Å². The Balaban J connectivity index is 1.75. The van der Waals surface area contributed by atoms with E-state index >= 15 is 0 Å². The van der Waals surface area contributed by atoms with Crippen molar-refractivity contribution in [1.29, 1.82) is 5.26 Å². The average molecular weight is 353 g/mol. The highest BCUT2D eigenvalue weighted by molar-refractivity contribution is 5.88. The van der Waals surface area contributed by atoms with Crippen molar-refractivity contribution in [3.05, 3.63) is 83.2 Å². The number of fused-ring (bicyclic) bond motifs is 1. The van der Waals surface area contributed by atoms with Gasteiger partial charge in [-0.1, -0.05) is 36.4 Å². The lowest BCUT2D eigenvalue weighted by molar-refractivity contribution is 0.909. The molecule has 0 radical (unpaired) electrons. The molecule has 0 aliphatic rings. The maximum atomic E-state index is 9.37. The topological polar surface area (TPSA) is 66.5 Å². The third-order valence-corrected chi connectivity index (χ3v) is 4.51. The monoisotopic (exact) mass is 353 g/mol. The van der Waals surface area contributed by atoms with Crippen LogP contribution in [0.4, 0.5) is 5.82 Å². The van der Waals surface area contributed by atoms with Gasteiger partial charge in [0.15, 0.2) is 0 Å². The van der Waals surface area contributed by atoms with Gasteiger partial charge in [0.05, 0.1) is 17.1 Å². The summed E-state index contributed by atoms with van der Waals surface area (Å²) in [7, 11) is 0. The molecule has 5 heteroatoms. The molecule has 0 aliphatic heterocycles. The zero-order valence-electron chi connectivity index (χ0n) is 15.3. The number of benzene rings is 2. The zero-order chi connectivity index (χ0) is 18.8. The molecule has 0 fully saturated rings. The smallest absolute Gasteiger partial charge is 0.236 e. The van der Waals surface area contributed by atoms with E-state index in [0.717, 1.165) is 28.1 Å². The molecule has 4 rings (SSSR count). The summed E-state index contributed by atoms with van der Waals surface area (Å²) in [6, 6.07) is 22.1. The SMILES string of the molecule is Cc1cc(NCc2ccccc2)nc(-n2c(C)cc3c(C#N)cccc32)n1. The number of nitriles is 1. The fraction of sp³-hybridized carbons (Fsp3) is 0.136. The van der Waals surface area contributed by atoms with Gasteiger partial charge in [0.25, 0.3) is 0 Å². The van der Waals surface area contributed by atoms with Crippen molar-refractivity contribution >= 4 is 16.7 Å². The fourth-order valence-electron chi connectivity index (χ4n) is 3.26. The van der Waals surface area contributed by atoms with Crippen molar-refractivity contribution in [3.8, 4) is 12.0 Å². The van der Waals surface area contributed by atoms with E-state index in [1.54, 1.807) is 0 Å². The minimum atomic E-state index is 0.605. The largest absolute Gasteiger partial charge is 0.366 e. The molecule has 0 atom stereocenters. The Morgan fingerprint density at radius 2 is 1.81 bits per heavy atom. The third kappa shape index (κ3) is 3.25. The molecule has 2 heterocycles. The molecule has 0 unspecified atom stereocenters. The molecule has 0 amide bonds. The summed E-state index contributed by atoms with van der Waals surface area (Å²) in [5.41, 5.74) is 4.66. The molecule has 0 bridgehead atoms. The van der Waals surface area contributed by atoms with Crippen molar-refractivity contribution in [1.82, 2.24) is 14.5 Å². The van der Waals surface area contributed by atoms with Gasteiger partial charge in [-0.25, -0.2) is 4.98 Å². The van der Waals surface area contributed by atoms with E-state index in [9.17, 15) is 5.26 Å². The lowest BCUT2D eigenvalue weighted by atomic mass is 10.1. The first-order valence-corrected chi connectivity index (χ1v) is 8.81. The maximum absolute atomic E-state index is 9.37. The van der Waals surface area contributed by atoms with Crippen LogP contribution in [0.25, 0.3) is 16.9 Å². The lowest BCUT2D eigenvalue weighted by Gasteiger charge is -2.11. The molecular formula is C22H19N5. The fourth-order valence-corrected chi connectivity index (χ4v) is 3.26. The standard InChI is InChI=1S/C22H19N5/c1-15-11-21(24-14-17-7-4-3-5-8-17)26-22(25-15)27-16(2)12-19-18(13-23)9-6-10-20(19)27/h3-12H,14H2,1-2H3,(H,24,25,26). The van der Waals surface area contributed by atoms with Gasteiger partial charge in [-0.3, -0.25) is 4.57 Å². The summed E-state index contributed by atoms with van der Waals surface area (Å²) in [5.74, 6) is 1.38. The summed E-state index contributed by atoms with van der Waals surface area (Å²) < 4.78 is 2.00. The summed E-state index contributed by atoms with van der Waals surface area (Å²) in [4.78, 5) is 9.34. The maximum Gasteiger partial charge on any atom is 0.236 e. The molecular weight excluding hydrogens is 334 g/mol. The molecule has 5 nitrogen and oxygen atoms in total. The molecule has 1 N–H and O–H groups in total. The Morgan fingerprint density at radius 1 is 1.00 bits per heavy atom. The van der Waals surface area contributed by atoms with Crippen molar-refractivity contribution in [2.75, 3.05) is 5.32 Å². The van der Waals surface area contributed by atoms with Crippen LogP contribution in [0.3, 0.4) is 0 Å². The number of aryl methyl sites for hydroxylation is 2. The first kappa shape index (κ1) is 16.8. The second-order valence-corrected chi connectivity index (χ2v) is 6.51. The predicted octanol–water partition coefficient (Wildman–Crippen LogP) is 4.52. The van der Waals surface area contributed by atoms with Crippen LogP contribution >= 0.6 is 0 Å². The van der Waals surface area contributed by atoms with E-state index in [0.29, 0.717) is 18.1 Å². The Bertz CT molecular complexity index is 1150. The van der Waals surface area contributed by atoms with Gasteiger partial charge in [-0.05, 0) is 37.6 Å². The van der Waals surface area contributed by atoms with Crippen molar-refractivity contribution in [3.63, 3.8) is 0 Å². The number of hydrogen-bond donors (Lipinski definition) is 1. The highest BCUT2D eigenvalue weighted by atomic mass is 15.2. The second-order valence-electron chi connectivity index (χ2n) is 6.51. The number of rotatable bonds is 4. The van der Waals surface area contributed by atoms with E-state index in [1.807, 2.05) is 66.9 Å². The Hall–Kier alpha value is -3.65. The summed E-state index contributed by atoms with van der Waals surface area (Å²) >= 11 is 0. The zero-order valence-corrected chi connectivity index (χ0v) is 15.3. The second kappa shape index (κ2) is 6.93. The van der Waals surface area contributed by atoms with E-state index in [1.165, 1.54) is 5.56 Å². The quantitative estimate of drug-likeness (QED) is 0.586. The van der Waals surface area contributed by atoms with Crippen LogP contribution in [0.1, 0.15) is 22.5 Å². The number of anilines is 1. The van der Waals surface area contributed by atoms with Crippen molar-refractivity contribution < 1.29 is 0 Å². The van der Waals surface area contributed by atoms with E-state index in [2.05, 4.69) is 28.5 Å². The number of aromatic nitrogens is 3. The normalized spacial score (nSPS) is 10.7. The summed E-state index contributed by atoms with van der Waals surface area (Å²) in [5, 5.41) is 13.7. The molecule has 0 spiro atoms. The first-order chi connectivity index (χ1) is 13.2. The van der Waals surface area contributed by atoms with Crippen molar-refractivity contribution in [2.45, 2.75) is 20.4 Å². The molecule has 4 aromatic rings. The van der Waals surface area contributed by atoms with Crippen LogP contribution in [-0.2, 0) is 6.54 Å². The van der Waals surface area contributed by atoms with Gasteiger partial charge < -0.3 is 5.32 Å². The predicted molar refractivity (Wildman–Crippen MR) is 107 cm³/mol. The van der Waals surface area contributed by atoms with Gasteiger partial charge in [0.1, 0.15) is 5.82 Å². The highest BCUT2D eigenvalue weighted by Crippen LogP contribution is 2.26. The number of hydrogen-bond acceptors (Lipinski definition) is 4. The van der Waals surface area contributed by atoms with Crippen molar-refractivity contribution in [2.24, 2.45) is 0 Å².